The Morgan fingerprint density at radius 1 is 1.26 bits per heavy atom. The van der Waals surface area contributed by atoms with Crippen molar-refractivity contribution < 1.29 is 14.7 Å². The van der Waals surface area contributed by atoms with E-state index in [1.807, 2.05) is 12.2 Å². The highest BCUT2D eigenvalue weighted by Crippen LogP contribution is 2.49. The molecule has 0 unspecified atom stereocenters. The summed E-state index contributed by atoms with van der Waals surface area (Å²) in [6.07, 6.45) is 7.53. The number of nitriles is 1. The fourth-order valence-electron chi connectivity index (χ4n) is 4.32. The van der Waals surface area contributed by atoms with Gasteiger partial charge in [0, 0.05) is 4.88 Å². The Balaban J connectivity index is 1.61. The van der Waals surface area contributed by atoms with E-state index < -0.39 is 17.8 Å². The Bertz CT molecular complexity index is 774. The van der Waals surface area contributed by atoms with Crippen molar-refractivity contribution in [1.82, 2.24) is 0 Å². The number of fused-ring (bicyclic) bond motifs is 3. The van der Waals surface area contributed by atoms with Gasteiger partial charge in [0.05, 0.1) is 17.4 Å². The van der Waals surface area contributed by atoms with E-state index in [0.717, 1.165) is 31.2 Å². The Hall–Kier alpha value is -2.13. The summed E-state index contributed by atoms with van der Waals surface area (Å²) in [6.45, 7) is 0. The number of carbonyl (C=O) groups excluding carboxylic acids is 1. The largest absolute Gasteiger partial charge is 0.481 e. The molecule has 6 heteroatoms. The normalized spacial score (nSPS) is 30.2. The lowest BCUT2D eigenvalue weighted by atomic mass is 9.82. The van der Waals surface area contributed by atoms with Crippen LogP contribution in [-0.2, 0) is 22.4 Å². The summed E-state index contributed by atoms with van der Waals surface area (Å²) < 4.78 is 0. The molecular formula is C17H16N2O3S. The quantitative estimate of drug-likeness (QED) is 0.834. The molecule has 5 nitrogen and oxygen atoms in total. The lowest BCUT2D eigenvalue weighted by Crippen LogP contribution is -2.36. The lowest BCUT2D eigenvalue weighted by Gasteiger charge is -2.23. The van der Waals surface area contributed by atoms with Crippen LogP contribution in [0.1, 0.15) is 28.8 Å². The average Bonchev–Trinajstić information content (AvgIpc) is 3.25. The fraction of sp³-hybridized carbons (Fsp3) is 0.471. The molecule has 1 saturated carbocycles. The van der Waals surface area contributed by atoms with Crippen molar-refractivity contribution in [3.05, 3.63) is 28.2 Å². The molecular weight excluding hydrogens is 312 g/mol. The minimum Gasteiger partial charge on any atom is -0.481 e. The number of nitrogens with one attached hydrogen (secondary N) is 1. The number of allylic oxidation sites excluding steroid dienone is 2. The molecule has 1 aromatic rings. The van der Waals surface area contributed by atoms with Crippen LogP contribution in [0.5, 0.6) is 0 Å². The lowest BCUT2D eigenvalue weighted by molar-refractivity contribution is -0.146. The van der Waals surface area contributed by atoms with Gasteiger partial charge in [0.15, 0.2) is 0 Å². The van der Waals surface area contributed by atoms with Gasteiger partial charge >= 0.3 is 5.97 Å². The van der Waals surface area contributed by atoms with Gasteiger partial charge in [-0.05, 0) is 43.1 Å². The third-order valence-electron chi connectivity index (χ3n) is 5.32. The third-order valence-corrected chi connectivity index (χ3v) is 6.52. The van der Waals surface area contributed by atoms with Crippen molar-refractivity contribution in [1.29, 1.82) is 5.26 Å². The molecule has 118 valence electrons. The fourth-order valence-corrected chi connectivity index (χ4v) is 5.56. The molecule has 1 heterocycles. The van der Waals surface area contributed by atoms with Gasteiger partial charge < -0.3 is 10.4 Å². The molecule has 3 aliphatic rings. The molecule has 0 spiro atoms. The minimum absolute atomic E-state index is 0.00144. The van der Waals surface area contributed by atoms with E-state index in [2.05, 4.69) is 11.4 Å². The zero-order chi connectivity index (χ0) is 16.1. The summed E-state index contributed by atoms with van der Waals surface area (Å²) in [5.74, 6) is -2.40. The van der Waals surface area contributed by atoms with Crippen molar-refractivity contribution in [3.63, 3.8) is 0 Å². The first-order valence-corrected chi connectivity index (χ1v) is 8.68. The highest BCUT2D eigenvalue weighted by molar-refractivity contribution is 7.16. The zero-order valence-electron chi connectivity index (χ0n) is 12.4. The van der Waals surface area contributed by atoms with Gasteiger partial charge in [-0.1, -0.05) is 12.2 Å². The van der Waals surface area contributed by atoms with Crippen LogP contribution in [0.25, 0.3) is 0 Å². The predicted molar refractivity (Wildman–Crippen MR) is 85.0 cm³/mol. The molecule has 1 fully saturated rings. The summed E-state index contributed by atoms with van der Waals surface area (Å²) in [7, 11) is 0. The number of carbonyl (C=O) groups is 2. The number of hydrogen-bond donors (Lipinski definition) is 2. The first kappa shape index (κ1) is 14.5. The maximum absolute atomic E-state index is 12.7. The van der Waals surface area contributed by atoms with Crippen LogP contribution in [0.15, 0.2) is 12.2 Å². The average molecular weight is 328 g/mol. The molecule has 1 aromatic heterocycles. The van der Waals surface area contributed by atoms with Crippen LogP contribution in [0.4, 0.5) is 5.00 Å². The van der Waals surface area contributed by atoms with Gasteiger partial charge in [0.25, 0.3) is 0 Å². The number of anilines is 1. The second-order valence-corrected chi connectivity index (χ2v) is 7.61. The number of thiophene rings is 1. The molecule has 0 aliphatic heterocycles. The van der Waals surface area contributed by atoms with E-state index in [-0.39, 0.29) is 17.7 Å². The van der Waals surface area contributed by atoms with E-state index in [0.29, 0.717) is 10.6 Å². The highest BCUT2D eigenvalue weighted by atomic mass is 32.1. The molecule has 4 atom stereocenters. The molecule has 2 N–H and O–H groups in total. The van der Waals surface area contributed by atoms with Crippen molar-refractivity contribution in [2.24, 2.45) is 23.7 Å². The zero-order valence-corrected chi connectivity index (χ0v) is 13.2. The molecule has 0 radical (unpaired) electrons. The third kappa shape index (κ3) is 2.11. The second kappa shape index (κ2) is 5.20. The van der Waals surface area contributed by atoms with E-state index in [4.69, 9.17) is 0 Å². The van der Waals surface area contributed by atoms with Crippen molar-refractivity contribution >= 4 is 28.2 Å². The number of hydrogen-bond acceptors (Lipinski definition) is 4. The Kier molecular flexibility index (Phi) is 3.27. The van der Waals surface area contributed by atoms with Crippen LogP contribution in [0.3, 0.4) is 0 Å². The smallest absolute Gasteiger partial charge is 0.307 e. The summed E-state index contributed by atoms with van der Waals surface area (Å²) in [4.78, 5) is 25.4. The first-order chi connectivity index (χ1) is 11.1. The minimum atomic E-state index is -0.906. The summed E-state index contributed by atoms with van der Waals surface area (Å²) in [5, 5.41) is 22.3. The first-order valence-electron chi connectivity index (χ1n) is 7.86. The van der Waals surface area contributed by atoms with Gasteiger partial charge in [-0.3, -0.25) is 9.59 Å². The molecule has 1 amide bonds. The molecule has 4 rings (SSSR count). The van der Waals surface area contributed by atoms with Gasteiger partial charge in [0.1, 0.15) is 11.1 Å². The number of aliphatic carboxylic acids is 1. The van der Waals surface area contributed by atoms with Gasteiger partial charge in [-0.2, -0.15) is 5.26 Å². The maximum Gasteiger partial charge on any atom is 0.307 e. The van der Waals surface area contributed by atoms with Gasteiger partial charge in [-0.15, -0.1) is 11.3 Å². The number of aryl methyl sites for hydroxylation is 1. The van der Waals surface area contributed by atoms with Crippen LogP contribution in [-0.4, -0.2) is 17.0 Å². The number of rotatable bonds is 3. The van der Waals surface area contributed by atoms with E-state index in [1.54, 1.807) is 0 Å². The molecule has 2 bridgehead atoms. The van der Waals surface area contributed by atoms with Crippen molar-refractivity contribution in [2.75, 3.05) is 5.32 Å². The Morgan fingerprint density at radius 2 is 2.00 bits per heavy atom. The number of carboxylic acid groups (broad SMARTS) is 1. The van der Waals surface area contributed by atoms with Crippen molar-refractivity contribution in [3.8, 4) is 6.07 Å². The second-order valence-electron chi connectivity index (χ2n) is 6.50. The monoisotopic (exact) mass is 328 g/mol. The van der Waals surface area contributed by atoms with E-state index >= 15 is 0 Å². The van der Waals surface area contributed by atoms with Gasteiger partial charge in [0.2, 0.25) is 5.91 Å². The van der Waals surface area contributed by atoms with Crippen molar-refractivity contribution in [2.45, 2.75) is 25.7 Å². The predicted octanol–water partition coefficient (Wildman–Crippen LogP) is 2.57. The van der Waals surface area contributed by atoms with E-state index in [9.17, 15) is 20.0 Å². The summed E-state index contributed by atoms with van der Waals surface area (Å²) in [5.41, 5.74) is 1.64. The van der Waals surface area contributed by atoms with Gasteiger partial charge in [-0.25, -0.2) is 0 Å². The number of nitrogens with zero attached hydrogens (tertiary/aromatic N) is 1. The summed E-state index contributed by atoms with van der Waals surface area (Å²) in [6, 6.07) is 2.21. The van der Waals surface area contributed by atoms with Crippen LogP contribution in [0, 0.1) is 35.0 Å². The van der Waals surface area contributed by atoms with Crippen LogP contribution < -0.4 is 5.32 Å². The molecule has 23 heavy (non-hydrogen) atoms. The number of amides is 1. The maximum atomic E-state index is 12.7. The topological polar surface area (TPSA) is 90.2 Å². The number of carboxylic acids is 1. The molecule has 3 aliphatic carbocycles. The Morgan fingerprint density at radius 3 is 2.70 bits per heavy atom. The summed E-state index contributed by atoms with van der Waals surface area (Å²) >= 11 is 1.47. The molecule has 0 saturated heterocycles. The highest BCUT2D eigenvalue weighted by Gasteiger charge is 2.51. The molecule has 0 aromatic carbocycles. The van der Waals surface area contributed by atoms with E-state index in [1.165, 1.54) is 16.2 Å². The van der Waals surface area contributed by atoms with Crippen LogP contribution in [0.2, 0.25) is 0 Å². The Labute approximate surface area is 137 Å². The SMILES string of the molecule is N#Cc1c(NC(=O)[C@@H]2[C@H](C(=O)O)[C@H]3C=C[C@H]2C3)sc2c1CCC2. The standard InChI is InChI=1S/C17H16N2O3S/c18-7-11-10-2-1-3-12(10)23-16(11)19-15(20)13-8-4-5-9(6-8)14(13)17(21)22/h4-5,8-9,13-14H,1-3,6H2,(H,19,20)(H,21,22)/t8-,9-,13-,14+/m0/s1. The van der Waals surface area contributed by atoms with Crippen LogP contribution >= 0.6 is 11.3 Å².